The quantitative estimate of drug-likeness (QED) is 0.856. The minimum absolute atomic E-state index is 0.0713. The van der Waals surface area contributed by atoms with Crippen LogP contribution in [0.3, 0.4) is 0 Å². The van der Waals surface area contributed by atoms with Gasteiger partial charge < -0.3 is 11.1 Å². The van der Waals surface area contributed by atoms with Crippen LogP contribution in [0.25, 0.3) is 0 Å². The lowest BCUT2D eigenvalue weighted by Gasteiger charge is -2.05. The van der Waals surface area contributed by atoms with E-state index in [2.05, 4.69) is 25.3 Å². The Hall–Kier alpha value is -1.95. The van der Waals surface area contributed by atoms with Crippen molar-refractivity contribution in [3.05, 3.63) is 34.9 Å². The molecule has 2 aromatic rings. The third kappa shape index (κ3) is 3.25. The van der Waals surface area contributed by atoms with Crippen molar-refractivity contribution in [1.29, 1.82) is 0 Å². The topological polar surface area (TPSA) is 89.6 Å². The van der Waals surface area contributed by atoms with E-state index in [0.29, 0.717) is 12.5 Å². The Morgan fingerprint density at radius 2 is 2.12 bits per heavy atom. The van der Waals surface area contributed by atoms with Crippen LogP contribution in [0, 0.1) is 6.92 Å². The number of hydrogen-bond donors (Lipinski definition) is 2. The van der Waals surface area contributed by atoms with Gasteiger partial charge >= 0.3 is 0 Å². The van der Waals surface area contributed by atoms with Gasteiger partial charge in [0.2, 0.25) is 17.2 Å². The third-order valence-electron chi connectivity index (χ3n) is 2.05. The Morgan fingerprint density at radius 1 is 1.29 bits per heavy atom. The van der Waals surface area contributed by atoms with Gasteiger partial charge in [-0.2, -0.15) is 15.0 Å². The van der Waals surface area contributed by atoms with Crippen molar-refractivity contribution < 1.29 is 0 Å². The summed E-state index contributed by atoms with van der Waals surface area (Å²) in [4.78, 5) is 15.7. The molecule has 0 saturated heterocycles. The molecule has 88 valence electrons. The molecule has 2 heterocycles. The molecule has 0 atom stereocenters. The standard InChI is InChI=1S/C10H11ClN6/c1-6-2-3-7(4-13-6)5-14-10-16-8(11)15-9(12)17-10/h2-4H,5H2,1H3,(H3,12,14,15,16,17). The molecule has 0 aliphatic heterocycles. The summed E-state index contributed by atoms with van der Waals surface area (Å²) in [5, 5.41) is 3.07. The fourth-order valence-corrected chi connectivity index (χ4v) is 1.40. The van der Waals surface area contributed by atoms with Gasteiger partial charge in [-0.25, -0.2) is 0 Å². The average Bonchev–Trinajstić information content (AvgIpc) is 2.27. The van der Waals surface area contributed by atoms with Gasteiger partial charge in [-0.3, -0.25) is 4.98 Å². The summed E-state index contributed by atoms with van der Waals surface area (Å²) in [7, 11) is 0. The Morgan fingerprint density at radius 3 is 2.76 bits per heavy atom. The fourth-order valence-electron chi connectivity index (χ4n) is 1.23. The van der Waals surface area contributed by atoms with Crippen LogP contribution in [0.1, 0.15) is 11.3 Å². The zero-order valence-corrected chi connectivity index (χ0v) is 9.94. The number of pyridine rings is 1. The lowest BCUT2D eigenvalue weighted by molar-refractivity contribution is 1.00. The zero-order chi connectivity index (χ0) is 12.3. The molecule has 2 rings (SSSR count). The minimum Gasteiger partial charge on any atom is -0.368 e. The predicted octanol–water partition coefficient (Wildman–Crippen LogP) is 1.42. The highest BCUT2D eigenvalue weighted by Crippen LogP contribution is 2.08. The second-order valence-corrected chi connectivity index (χ2v) is 3.79. The van der Waals surface area contributed by atoms with E-state index in [9.17, 15) is 0 Å². The molecule has 0 aromatic carbocycles. The molecular weight excluding hydrogens is 240 g/mol. The molecule has 0 amide bonds. The van der Waals surface area contributed by atoms with Crippen molar-refractivity contribution in [2.24, 2.45) is 0 Å². The van der Waals surface area contributed by atoms with Gasteiger partial charge in [-0.15, -0.1) is 0 Å². The van der Waals surface area contributed by atoms with Crippen molar-refractivity contribution in [2.75, 3.05) is 11.1 Å². The molecule has 7 heteroatoms. The van der Waals surface area contributed by atoms with E-state index >= 15 is 0 Å². The first-order valence-electron chi connectivity index (χ1n) is 4.96. The molecular formula is C10H11ClN6. The summed E-state index contributed by atoms with van der Waals surface area (Å²) in [6, 6.07) is 3.91. The van der Waals surface area contributed by atoms with Crippen LogP contribution >= 0.6 is 11.6 Å². The van der Waals surface area contributed by atoms with Crippen LogP contribution < -0.4 is 11.1 Å². The van der Waals surface area contributed by atoms with Crippen molar-refractivity contribution in [2.45, 2.75) is 13.5 Å². The number of anilines is 2. The summed E-state index contributed by atoms with van der Waals surface area (Å²) in [5.74, 6) is 0.442. The van der Waals surface area contributed by atoms with Gasteiger partial charge in [-0.05, 0) is 30.2 Å². The number of nitrogens with two attached hydrogens (primary N) is 1. The normalized spacial score (nSPS) is 10.2. The summed E-state index contributed by atoms with van der Waals surface area (Å²) in [5.41, 5.74) is 7.44. The number of hydrogen-bond acceptors (Lipinski definition) is 6. The lowest BCUT2D eigenvalue weighted by Crippen LogP contribution is -2.07. The Labute approximate surface area is 103 Å². The van der Waals surface area contributed by atoms with E-state index in [1.807, 2.05) is 19.1 Å². The molecule has 17 heavy (non-hydrogen) atoms. The van der Waals surface area contributed by atoms with E-state index in [4.69, 9.17) is 17.3 Å². The number of nitrogens with one attached hydrogen (secondary N) is 1. The fraction of sp³-hybridized carbons (Fsp3) is 0.200. The Bertz CT molecular complexity index is 492. The van der Waals surface area contributed by atoms with Crippen LogP contribution in [0.4, 0.5) is 11.9 Å². The van der Waals surface area contributed by atoms with E-state index < -0.39 is 0 Å². The zero-order valence-electron chi connectivity index (χ0n) is 9.18. The Balaban J connectivity index is 2.04. The number of nitrogens with zero attached hydrogens (tertiary/aromatic N) is 4. The molecule has 0 aliphatic rings. The molecule has 0 unspecified atom stereocenters. The first-order valence-corrected chi connectivity index (χ1v) is 5.34. The van der Waals surface area contributed by atoms with Crippen LogP contribution in [-0.2, 0) is 6.54 Å². The largest absolute Gasteiger partial charge is 0.368 e. The molecule has 3 N–H and O–H groups in total. The van der Waals surface area contributed by atoms with E-state index in [0.717, 1.165) is 11.3 Å². The van der Waals surface area contributed by atoms with Crippen molar-refractivity contribution >= 4 is 23.5 Å². The minimum atomic E-state index is 0.0713. The molecule has 0 bridgehead atoms. The van der Waals surface area contributed by atoms with Gasteiger partial charge in [-0.1, -0.05) is 6.07 Å². The van der Waals surface area contributed by atoms with E-state index in [1.165, 1.54) is 0 Å². The summed E-state index contributed by atoms with van der Waals surface area (Å²) in [6.07, 6.45) is 1.79. The lowest BCUT2D eigenvalue weighted by atomic mass is 10.2. The van der Waals surface area contributed by atoms with Gasteiger partial charge in [0.05, 0.1) is 0 Å². The van der Waals surface area contributed by atoms with Crippen molar-refractivity contribution in [3.63, 3.8) is 0 Å². The predicted molar refractivity (Wildman–Crippen MR) is 65.6 cm³/mol. The van der Waals surface area contributed by atoms with Crippen LogP contribution in [0.2, 0.25) is 5.28 Å². The van der Waals surface area contributed by atoms with Gasteiger partial charge in [0.25, 0.3) is 0 Å². The molecule has 0 fully saturated rings. The van der Waals surface area contributed by atoms with Gasteiger partial charge in [0.15, 0.2) is 0 Å². The summed E-state index contributed by atoms with van der Waals surface area (Å²) < 4.78 is 0. The molecule has 0 spiro atoms. The SMILES string of the molecule is Cc1ccc(CNc2nc(N)nc(Cl)n2)cn1. The first-order chi connectivity index (χ1) is 8.13. The van der Waals surface area contributed by atoms with Crippen molar-refractivity contribution in [1.82, 2.24) is 19.9 Å². The molecule has 0 saturated carbocycles. The average molecular weight is 251 g/mol. The smallest absolute Gasteiger partial charge is 0.229 e. The van der Waals surface area contributed by atoms with E-state index in [1.54, 1.807) is 6.20 Å². The van der Waals surface area contributed by atoms with Crippen LogP contribution in [-0.4, -0.2) is 19.9 Å². The first kappa shape index (κ1) is 11.5. The maximum Gasteiger partial charge on any atom is 0.229 e. The maximum atomic E-state index is 5.66. The second kappa shape index (κ2) is 4.92. The van der Waals surface area contributed by atoms with Gasteiger partial charge in [0, 0.05) is 18.4 Å². The highest BCUT2D eigenvalue weighted by molar-refractivity contribution is 6.28. The third-order valence-corrected chi connectivity index (χ3v) is 2.22. The molecule has 0 aliphatic carbocycles. The monoisotopic (exact) mass is 250 g/mol. The highest BCUT2D eigenvalue weighted by Gasteiger charge is 2.02. The molecule has 6 nitrogen and oxygen atoms in total. The van der Waals surface area contributed by atoms with Gasteiger partial charge in [0.1, 0.15) is 0 Å². The van der Waals surface area contributed by atoms with Crippen molar-refractivity contribution in [3.8, 4) is 0 Å². The van der Waals surface area contributed by atoms with Crippen LogP contribution in [0.5, 0.6) is 0 Å². The Kier molecular flexibility index (Phi) is 3.34. The number of aromatic nitrogens is 4. The molecule has 2 aromatic heterocycles. The van der Waals surface area contributed by atoms with Crippen LogP contribution in [0.15, 0.2) is 18.3 Å². The maximum absolute atomic E-state index is 5.66. The number of nitrogen functional groups attached to an aromatic ring is 1. The summed E-state index contributed by atoms with van der Waals surface area (Å²) in [6.45, 7) is 2.48. The number of aryl methyl sites for hydroxylation is 1. The van der Waals surface area contributed by atoms with E-state index in [-0.39, 0.29) is 11.2 Å². The highest BCUT2D eigenvalue weighted by atomic mass is 35.5. The molecule has 0 radical (unpaired) electrons. The summed E-state index contributed by atoms with van der Waals surface area (Å²) >= 11 is 5.66. The second-order valence-electron chi connectivity index (χ2n) is 3.45. The number of rotatable bonds is 3. The number of halogens is 1.